The Kier molecular flexibility index (Phi) is 5.68. The molecule has 4 aromatic rings. The number of anilines is 1. The van der Waals surface area contributed by atoms with Gasteiger partial charge in [-0.25, -0.2) is 4.98 Å². The fourth-order valence-electron chi connectivity index (χ4n) is 3.25. The molecule has 0 unspecified atom stereocenters. The van der Waals surface area contributed by atoms with Crippen LogP contribution in [0, 0.1) is 6.92 Å². The molecule has 3 aromatic carbocycles. The summed E-state index contributed by atoms with van der Waals surface area (Å²) >= 11 is 5.28. The Labute approximate surface area is 184 Å². The first-order chi connectivity index (χ1) is 14.9. The number of thiocarbonyl (C=S) groups is 1. The van der Waals surface area contributed by atoms with Crippen LogP contribution in [0.25, 0.3) is 22.6 Å². The van der Waals surface area contributed by atoms with E-state index in [0.717, 1.165) is 17.5 Å². The highest BCUT2D eigenvalue weighted by molar-refractivity contribution is 7.80. The molecule has 3 N–H and O–H groups in total. The van der Waals surface area contributed by atoms with E-state index in [1.807, 2.05) is 24.3 Å². The molecule has 0 aliphatic rings. The normalized spacial score (nSPS) is 10.8. The second kappa shape index (κ2) is 8.57. The fraction of sp³-hybridized carbons (Fsp3) is 0.125. The predicted octanol–water partition coefficient (Wildman–Crippen LogP) is 5.20. The van der Waals surface area contributed by atoms with Gasteiger partial charge in [-0.3, -0.25) is 10.1 Å². The summed E-state index contributed by atoms with van der Waals surface area (Å²) in [4.78, 5) is 16.8. The van der Waals surface area contributed by atoms with Crippen LogP contribution in [0.2, 0.25) is 0 Å². The van der Waals surface area contributed by atoms with Gasteiger partial charge in [0, 0.05) is 11.3 Å². The van der Waals surface area contributed by atoms with E-state index in [0.29, 0.717) is 33.9 Å². The number of carbonyl (C=O) groups excluding carboxylic acids is 1. The maximum absolute atomic E-state index is 12.3. The number of aromatic hydroxyl groups is 1. The van der Waals surface area contributed by atoms with E-state index in [-0.39, 0.29) is 16.8 Å². The predicted molar refractivity (Wildman–Crippen MR) is 125 cm³/mol. The monoisotopic (exact) mass is 431 g/mol. The van der Waals surface area contributed by atoms with Crippen molar-refractivity contribution in [3.8, 4) is 17.2 Å². The summed E-state index contributed by atoms with van der Waals surface area (Å²) in [7, 11) is 0. The number of aromatic nitrogens is 1. The average Bonchev–Trinajstić information content (AvgIpc) is 3.19. The molecule has 1 amide bonds. The number of hydrogen-bond donors (Lipinski definition) is 3. The number of nitrogens with one attached hydrogen (secondary N) is 2. The minimum atomic E-state index is -0.306. The van der Waals surface area contributed by atoms with E-state index >= 15 is 0 Å². The van der Waals surface area contributed by atoms with Crippen molar-refractivity contribution in [2.45, 2.75) is 20.3 Å². The van der Waals surface area contributed by atoms with Crippen LogP contribution in [0.5, 0.6) is 5.75 Å². The van der Waals surface area contributed by atoms with Gasteiger partial charge in [0.15, 0.2) is 10.7 Å². The number of rotatable bonds is 4. The number of benzene rings is 3. The van der Waals surface area contributed by atoms with Gasteiger partial charge < -0.3 is 14.8 Å². The zero-order chi connectivity index (χ0) is 22.0. The molecular formula is C24H21N3O3S. The van der Waals surface area contributed by atoms with Gasteiger partial charge in [0.1, 0.15) is 11.3 Å². The van der Waals surface area contributed by atoms with Crippen molar-refractivity contribution in [2.75, 3.05) is 5.32 Å². The van der Waals surface area contributed by atoms with Gasteiger partial charge in [-0.1, -0.05) is 31.2 Å². The summed E-state index contributed by atoms with van der Waals surface area (Å²) in [5.74, 6) is 0.0818. The minimum absolute atomic E-state index is 0.0760. The zero-order valence-electron chi connectivity index (χ0n) is 17.1. The second-order valence-corrected chi connectivity index (χ2v) is 7.55. The topological polar surface area (TPSA) is 87.4 Å². The summed E-state index contributed by atoms with van der Waals surface area (Å²) in [5, 5.41) is 16.4. The minimum Gasteiger partial charge on any atom is -0.507 e. The van der Waals surface area contributed by atoms with Gasteiger partial charge in [-0.2, -0.15) is 0 Å². The van der Waals surface area contributed by atoms with Gasteiger partial charge in [-0.05, 0) is 73.1 Å². The molecule has 31 heavy (non-hydrogen) atoms. The van der Waals surface area contributed by atoms with Crippen LogP contribution in [0.4, 0.5) is 5.69 Å². The third-order valence-corrected chi connectivity index (χ3v) is 5.12. The first-order valence-electron chi connectivity index (χ1n) is 9.85. The summed E-state index contributed by atoms with van der Waals surface area (Å²) in [6, 6.07) is 18.1. The van der Waals surface area contributed by atoms with Crippen molar-refractivity contribution < 1.29 is 14.3 Å². The number of phenols is 1. The SMILES string of the molecule is CCc1ccc2oc(-c3cc(NC(=S)NC(=O)c4ccccc4)cc(C)c3O)nc2c1. The van der Waals surface area contributed by atoms with E-state index in [4.69, 9.17) is 16.6 Å². The summed E-state index contributed by atoms with van der Waals surface area (Å²) in [5.41, 5.74) is 4.70. The van der Waals surface area contributed by atoms with E-state index < -0.39 is 0 Å². The molecule has 0 fully saturated rings. The molecule has 0 saturated heterocycles. The number of oxazole rings is 1. The molecule has 0 radical (unpaired) electrons. The van der Waals surface area contributed by atoms with Crippen LogP contribution < -0.4 is 10.6 Å². The third kappa shape index (κ3) is 4.41. The highest BCUT2D eigenvalue weighted by Crippen LogP contribution is 2.36. The number of amides is 1. The van der Waals surface area contributed by atoms with Crippen LogP contribution in [-0.2, 0) is 6.42 Å². The Morgan fingerprint density at radius 1 is 1.13 bits per heavy atom. The quantitative estimate of drug-likeness (QED) is 0.304. The van der Waals surface area contributed by atoms with Gasteiger partial charge in [-0.15, -0.1) is 0 Å². The maximum Gasteiger partial charge on any atom is 0.257 e. The number of hydrogen-bond acceptors (Lipinski definition) is 5. The molecule has 156 valence electrons. The van der Waals surface area contributed by atoms with E-state index in [9.17, 15) is 9.90 Å². The molecule has 1 aromatic heterocycles. The van der Waals surface area contributed by atoms with Gasteiger partial charge in [0.25, 0.3) is 5.91 Å². The Bertz CT molecular complexity index is 1280. The number of phenolic OH excluding ortho intramolecular Hbond substituents is 1. The number of carbonyl (C=O) groups is 1. The van der Waals surface area contributed by atoms with Crippen LogP contribution in [0.1, 0.15) is 28.4 Å². The smallest absolute Gasteiger partial charge is 0.257 e. The van der Waals surface area contributed by atoms with Crippen LogP contribution in [-0.4, -0.2) is 21.1 Å². The van der Waals surface area contributed by atoms with Crippen molar-refractivity contribution in [1.82, 2.24) is 10.3 Å². The molecule has 0 saturated carbocycles. The second-order valence-electron chi connectivity index (χ2n) is 7.14. The maximum atomic E-state index is 12.3. The fourth-order valence-corrected chi connectivity index (χ4v) is 3.46. The van der Waals surface area contributed by atoms with E-state index in [1.54, 1.807) is 43.3 Å². The molecule has 0 bridgehead atoms. The van der Waals surface area contributed by atoms with Gasteiger partial charge >= 0.3 is 0 Å². The molecule has 0 aliphatic heterocycles. The molecule has 4 rings (SSSR count). The van der Waals surface area contributed by atoms with Gasteiger partial charge in [0.2, 0.25) is 5.89 Å². The Balaban J connectivity index is 1.59. The van der Waals surface area contributed by atoms with E-state index in [1.165, 1.54) is 0 Å². The molecule has 7 heteroatoms. The zero-order valence-corrected chi connectivity index (χ0v) is 17.9. The van der Waals surface area contributed by atoms with E-state index in [2.05, 4.69) is 22.5 Å². The molecule has 0 atom stereocenters. The Morgan fingerprint density at radius 2 is 1.90 bits per heavy atom. The molecule has 1 heterocycles. The number of aryl methyl sites for hydroxylation is 2. The van der Waals surface area contributed by atoms with Crippen molar-refractivity contribution in [3.05, 3.63) is 77.4 Å². The summed E-state index contributed by atoms with van der Waals surface area (Å²) in [6.45, 7) is 3.85. The lowest BCUT2D eigenvalue weighted by atomic mass is 10.1. The number of nitrogens with zero attached hydrogens (tertiary/aromatic N) is 1. The highest BCUT2D eigenvalue weighted by Gasteiger charge is 2.16. The first-order valence-corrected chi connectivity index (χ1v) is 10.3. The average molecular weight is 432 g/mol. The lowest BCUT2D eigenvalue weighted by molar-refractivity contribution is 0.0977. The summed E-state index contributed by atoms with van der Waals surface area (Å²) in [6.07, 6.45) is 0.897. The molecule has 0 spiro atoms. The van der Waals surface area contributed by atoms with Crippen molar-refractivity contribution in [2.24, 2.45) is 0 Å². The number of fused-ring (bicyclic) bond motifs is 1. The first kappa shape index (κ1) is 20.6. The Morgan fingerprint density at radius 3 is 2.65 bits per heavy atom. The van der Waals surface area contributed by atoms with Gasteiger partial charge in [0.05, 0.1) is 5.56 Å². The summed E-state index contributed by atoms with van der Waals surface area (Å²) < 4.78 is 5.87. The van der Waals surface area contributed by atoms with Crippen LogP contribution in [0.15, 0.2) is 65.1 Å². The third-order valence-electron chi connectivity index (χ3n) is 4.91. The van der Waals surface area contributed by atoms with Crippen molar-refractivity contribution >= 4 is 40.0 Å². The highest BCUT2D eigenvalue weighted by atomic mass is 32.1. The lowest BCUT2D eigenvalue weighted by Gasteiger charge is -2.12. The molecule has 6 nitrogen and oxygen atoms in total. The largest absolute Gasteiger partial charge is 0.507 e. The van der Waals surface area contributed by atoms with Crippen LogP contribution >= 0.6 is 12.2 Å². The Hall–Kier alpha value is -3.71. The lowest BCUT2D eigenvalue weighted by Crippen LogP contribution is -2.34. The molecular weight excluding hydrogens is 410 g/mol. The van der Waals surface area contributed by atoms with Crippen molar-refractivity contribution in [1.29, 1.82) is 0 Å². The van der Waals surface area contributed by atoms with Crippen LogP contribution in [0.3, 0.4) is 0 Å². The molecule has 0 aliphatic carbocycles. The standard InChI is InChI=1S/C24H21N3O3S/c1-3-15-9-10-20-19(12-15)26-23(30-20)18-13-17(11-14(2)21(18)28)25-24(31)27-22(29)16-7-5-4-6-8-16/h4-13,28H,3H2,1-2H3,(H2,25,27,29,31). The van der Waals surface area contributed by atoms with Crippen molar-refractivity contribution in [3.63, 3.8) is 0 Å².